The standard InChI is InChI=1S/C18H22N2S/c1-4-16(15-11-9-13(2)10-12-15)19-18(21)20-17-8-6-5-7-14(17)3/h5-12,16H,4H2,1-3H3,(H2,19,20,21). The third-order valence-corrected chi connectivity index (χ3v) is 3.81. The van der Waals surface area contributed by atoms with Gasteiger partial charge >= 0.3 is 0 Å². The van der Waals surface area contributed by atoms with Gasteiger partial charge in [0, 0.05) is 5.69 Å². The topological polar surface area (TPSA) is 24.1 Å². The van der Waals surface area contributed by atoms with Crippen LogP contribution in [-0.4, -0.2) is 5.11 Å². The Labute approximate surface area is 132 Å². The first-order valence-corrected chi connectivity index (χ1v) is 7.70. The van der Waals surface area contributed by atoms with Crippen molar-refractivity contribution in [3.05, 3.63) is 65.2 Å². The smallest absolute Gasteiger partial charge is 0.171 e. The normalized spacial score (nSPS) is 11.8. The molecule has 0 aliphatic heterocycles. The molecule has 2 N–H and O–H groups in total. The number of aryl methyl sites for hydroxylation is 2. The van der Waals surface area contributed by atoms with Crippen LogP contribution >= 0.6 is 12.2 Å². The molecule has 2 nitrogen and oxygen atoms in total. The zero-order valence-corrected chi connectivity index (χ0v) is 13.6. The van der Waals surface area contributed by atoms with Gasteiger partial charge in [-0.3, -0.25) is 0 Å². The first-order valence-electron chi connectivity index (χ1n) is 7.30. The number of benzene rings is 2. The van der Waals surface area contributed by atoms with Gasteiger partial charge in [0.1, 0.15) is 0 Å². The molecule has 2 rings (SSSR count). The minimum atomic E-state index is 0.231. The molecular weight excluding hydrogens is 276 g/mol. The van der Waals surface area contributed by atoms with E-state index >= 15 is 0 Å². The van der Waals surface area contributed by atoms with Gasteiger partial charge in [0.15, 0.2) is 5.11 Å². The molecule has 0 spiro atoms. The van der Waals surface area contributed by atoms with Crippen LogP contribution in [0.1, 0.15) is 36.1 Å². The van der Waals surface area contributed by atoms with E-state index in [1.807, 2.05) is 18.2 Å². The van der Waals surface area contributed by atoms with E-state index in [0.29, 0.717) is 5.11 Å². The maximum absolute atomic E-state index is 5.44. The molecule has 3 heteroatoms. The molecule has 0 saturated heterocycles. The second-order valence-corrected chi connectivity index (χ2v) is 5.69. The average Bonchev–Trinajstić information content (AvgIpc) is 2.48. The molecule has 2 aromatic rings. The molecule has 2 aromatic carbocycles. The zero-order valence-electron chi connectivity index (χ0n) is 12.8. The predicted octanol–water partition coefficient (Wildman–Crippen LogP) is 4.74. The minimum absolute atomic E-state index is 0.231. The summed E-state index contributed by atoms with van der Waals surface area (Å²) in [6.07, 6.45) is 0.985. The first-order chi connectivity index (χ1) is 10.1. The highest BCUT2D eigenvalue weighted by molar-refractivity contribution is 7.80. The summed E-state index contributed by atoms with van der Waals surface area (Å²) in [7, 11) is 0. The van der Waals surface area contributed by atoms with Crippen LogP contribution in [-0.2, 0) is 0 Å². The van der Waals surface area contributed by atoms with E-state index in [4.69, 9.17) is 12.2 Å². The molecule has 0 aromatic heterocycles. The lowest BCUT2D eigenvalue weighted by atomic mass is 10.0. The largest absolute Gasteiger partial charge is 0.356 e. The maximum atomic E-state index is 5.44. The van der Waals surface area contributed by atoms with Crippen molar-refractivity contribution in [2.75, 3.05) is 5.32 Å². The van der Waals surface area contributed by atoms with Crippen LogP contribution in [0, 0.1) is 13.8 Å². The van der Waals surface area contributed by atoms with Crippen molar-refractivity contribution in [1.29, 1.82) is 0 Å². The Bertz CT molecular complexity index is 605. The highest BCUT2D eigenvalue weighted by Crippen LogP contribution is 2.18. The Morgan fingerprint density at radius 3 is 2.33 bits per heavy atom. The van der Waals surface area contributed by atoms with Crippen LogP contribution in [0.4, 0.5) is 5.69 Å². The molecule has 110 valence electrons. The van der Waals surface area contributed by atoms with Gasteiger partial charge in [-0.05, 0) is 49.7 Å². The number of thiocarbonyl (C=S) groups is 1. The van der Waals surface area contributed by atoms with Crippen molar-refractivity contribution in [3.63, 3.8) is 0 Å². The van der Waals surface area contributed by atoms with Crippen LogP contribution < -0.4 is 10.6 Å². The van der Waals surface area contributed by atoms with E-state index in [1.165, 1.54) is 16.7 Å². The predicted molar refractivity (Wildman–Crippen MR) is 94.7 cm³/mol. The third-order valence-electron chi connectivity index (χ3n) is 3.59. The van der Waals surface area contributed by atoms with E-state index < -0.39 is 0 Å². The molecule has 0 bridgehead atoms. The SMILES string of the molecule is CCC(NC(=S)Nc1ccccc1C)c1ccc(C)cc1. The van der Waals surface area contributed by atoms with Gasteiger partial charge in [-0.25, -0.2) is 0 Å². The number of nitrogens with one attached hydrogen (secondary N) is 2. The second-order valence-electron chi connectivity index (χ2n) is 5.28. The van der Waals surface area contributed by atoms with Gasteiger partial charge < -0.3 is 10.6 Å². The van der Waals surface area contributed by atoms with Gasteiger partial charge in [0.2, 0.25) is 0 Å². The minimum Gasteiger partial charge on any atom is -0.356 e. The quantitative estimate of drug-likeness (QED) is 0.797. The van der Waals surface area contributed by atoms with Crippen LogP contribution in [0.25, 0.3) is 0 Å². The van der Waals surface area contributed by atoms with E-state index in [9.17, 15) is 0 Å². The van der Waals surface area contributed by atoms with Crippen molar-refractivity contribution in [1.82, 2.24) is 5.32 Å². The fourth-order valence-electron chi connectivity index (χ4n) is 2.25. The monoisotopic (exact) mass is 298 g/mol. The van der Waals surface area contributed by atoms with E-state index in [-0.39, 0.29) is 6.04 Å². The van der Waals surface area contributed by atoms with Crippen molar-refractivity contribution in [2.24, 2.45) is 0 Å². The fraction of sp³-hybridized carbons (Fsp3) is 0.278. The van der Waals surface area contributed by atoms with Crippen LogP contribution in [0.5, 0.6) is 0 Å². The summed E-state index contributed by atoms with van der Waals surface area (Å²) in [6.45, 7) is 6.33. The van der Waals surface area contributed by atoms with Crippen LogP contribution in [0.3, 0.4) is 0 Å². The number of para-hydroxylation sites is 1. The van der Waals surface area contributed by atoms with Gasteiger partial charge in [-0.1, -0.05) is 55.0 Å². The molecule has 0 radical (unpaired) electrons. The van der Waals surface area contributed by atoms with Crippen molar-refractivity contribution < 1.29 is 0 Å². The summed E-state index contributed by atoms with van der Waals surface area (Å²) in [4.78, 5) is 0. The zero-order chi connectivity index (χ0) is 15.2. The Morgan fingerprint density at radius 2 is 1.71 bits per heavy atom. The lowest BCUT2D eigenvalue weighted by molar-refractivity contribution is 0.629. The van der Waals surface area contributed by atoms with E-state index in [1.54, 1.807) is 0 Å². The summed E-state index contributed by atoms with van der Waals surface area (Å²) in [5.74, 6) is 0. The maximum Gasteiger partial charge on any atom is 0.171 e. The third kappa shape index (κ3) is 4.30. The molecule has 1 atom stereocenters. The Balaban J connectivity index is 2.03. The van der Waals surface area contributed by atoms with Crippen molar-refractivity contribution >= 4 is 23.0 Å². The Kier molecular flexibility index (Phi) is 5.34. The number of hydrogen-bond acceptors (Lipinski definition) is 1. The Morgan fingerprint density at radius 1 is 1.05 bits per heavy atom. The van der Waals surface area contributed by atoms with Crippen molar-refractivity contribution in [2.45, 2.75) is 33.2 Å². The number of hydrogen-bond donors (Lipinski definition) is 2. The molecule has 1 unspecified atom stereocenters. The molecule has 0 fully saturated rings. The summed E-state index contributed by atoms with van der Waals surface area (Å²) in [5.41, 5.74) is 4.77. The number of anilines is 1. The first kappa shape index (κ1) is 15.5. The van der Waals surface area contributed by atoms with Gasteiger partial charge in [-0.15, -0.1) is 0 Å². The highest BCUT2D eigenvalue weighted by Gasteiger charge is 2.10. The second kappa shape index (κ2) is 7.23. The average molecular weight is 298 g/mol. The highest BCUT2D eigenvalue weighted by atomic mass is 32.1. The van der Waals surface area contributed by atoms with Crippen molar-refractivity contribution in [3.8, 4) is 0 Å². The van der Waals surface area contributed by atoms with Crippen LogP contribution in [0.15, 0.2) is 48.5 Å². The molecule has 0 heterocycles. The molecule has 21 heavy (non-hydrogen) atoms. The molecule has 0 aliphatic rings. The summed E-state index contributed by atoms with van der Waals surface area (Å²) < 4.78 is 0. The van der Waals surface area contributed by atoms with Gasteiger partial charge in [-0.2, -0.15) is 0 Å². The summed E-state index contributed by atoms with van der Waals surface area (Å²) in [6, 6.07) is 17.0. The molecular formula is C18H22N2S. The van der Waals surface area contributed by atoms with Crippen LogP contribution in [0.2, 0.25) is 0 Å². The lowest BCUT2D eigenvalue weighted by Gasteiger charge is -2.20. The van der Waals surface area contributed by atoms with E-state index in [2.05, 4.69) is 61.7 Å². The van der Waals surface area contributed by atoms with Gasteiger partial charge in [0.05, 0.1) is 6.04 Å². The molecule has 0 amide bonds. The molecule has 0 saturated carbocycles. The lowest BCUT2D eigenvalue weighted by Crippen LogP contribution is -2.32. The Hall–Kier alpha value is -1.87. The number of rotatable bonds is 4. The summed E-state index contributed by atoms with van der Waals surface area (Å²) in [5, 5.41) is 7.34. The summed E-state index contributed by atoms with van der Waals surface area (Å²) >= 11 is 5.44. The molecule has 0 aliphatic carbocycles. The fourth-order valence-corrected chi connectivity index (χ4v) is 2.50. The van der Waals surface area contributed by atoms with E-state index in [0.717, 1.165) is 12.1 Å². The van der Waals surface area contributed by atoms with Gasteiger partial charge in [0.25, 0.3) is 0 Å².